The zero-order chi connectivity index (χ0) is 13.1. The molecule has 2 aromatic rings. The van der Waals surface area contributed by atoms with Crippen molar-refractivity contribution in [3.8, 4) is 0 Å². The molecule has 0 unspecified atom stereocenters. The van der Waals surface area contributed by atoms with Gasteiger partial charge in [0.15, 0.2) is 0 Å². The molecule has 0 spiro atoms. The Morgan fingerprint density at radius 2 is 1.63 bits per heavy atom. The first-order chi connectivity index (χ1) is 8.59. The summed E-state index contributed by atoms with van der Waals surface area (Å²) in [5.74, 6) is -1.18. The minimum atomic E-state index is -1.18. The molecule has 0 atom stereocenters. The van der Waals surface area contributed by atoms with Crippen LogP contribution in [-0.2, 0) is 0 Å². The molecule has 0 saturated carbocycles. The van der Waals surface area contributed by atoms with E-state index in [2.05, 4.69) is 5.32 Å². The molecule has 2 aromatic carbocycles. The van der Waals surface area contributed by atoms with E-state index in [9.17, 15) is 9.90 Å². The van der Waals surface area contributed by atoms with E-state index in [1.54, 1.807) is 18.2 Å². The molecule has 0 saturated heterocycles. The Morgan fingerprint density at radius 1 is 1.00 bits per heavy atom. The topological polar surface area (TPSA) is 52.2 Å². The monoisotopic (exact) mass is 263 g/mol. The van der Waals surface area contributed by atoms with Crippen LogP contribution in [0, 0.1) is 13.8 Å². The molecule has 0 aliphatic rings. The fraction of sp³-hybridized carbons (Fsp3) is 0.133. The van der Waals surface area contributed by atoms with Gasteiger partial charge in [-0.3, -0.25) is 0 Å². The van der Waals surface area contributed by atoms with Crippen molar-refractivity contribution in [2.75, 3.05) is 5.32 Å². The van der Waals surface area contributed by atoms with Crippen molar-refractivity contribution in [1.29, 1.82) is 0 Å². The second-order valence-electron chi connectivity index (χ2n) is 4.21. The van der Waals surface area contributed by atoms with E-state index in [0.29, 0.717) is 5.69 Å². The third-order valence-corrected chi connectivity index (χ3v) is 3.02. The maximum Gasteiger partial charge on any atom is 1.00 e. The Morgan fingerprint density at radius 3 is 2.32 bits per heavy atom. The molecule has 0 radical (unpaired) electrons. The van der Waals surface area contributed by atoms with E-state index >= 15 is 0 Å². The zero-order valence-electron chi connectivity index (χ0n) is 11.4. The number of aromatic carboxylic acids is 1. The molecule has 0 heterocycles. The summed E-state index contributed by atoms with van der Waals surface area (Å²) in [6.45, 7) is 4.02. The summed E-state index contributed by atoms with van der Waals surface area (Å²) < 4.78 is 0. The van der Waals surface area contributed by atoms with Crippen LogP contribution in [0.25, 0.3) is 0 Å². The third-order valence-electron chi connectivity index (χ3n) is 3.02. The van der Waals surface area contributed by atoms with Crippen LogP contribution >= 0.6 is 0 Å². The Balaban J connectivity index is 0.00000180. The first kappa shape index (κ1) is 15.8. The van der Waals surface area contributed by atoms with Gasteiger partial charge in [-0.05, 0) is 37.1 Å². The van der Waals surface area contributed by atoms with Crippen molar-refractivity contribution in [1.82, 2.24) is 0 Å². The first-order valence-electron chi connectivity index (χ1n) is 5.73. The van der Waals surface area contributed by atoms with Crippen LogP contribution in [0.15, 0.2) is 42.5 Å². The minimum Gasteiger partial charge on any atom is -0.545 e. The molecule has 4 heteroatoms. The number of carboxylic acids is 1. The summed E-state index contributed by atoms with van der Waals surface area (Å²) in [5.41, 5.74) is 3.88. The molecular formula is C15H14NNaO2. The van der Waals surface area contributed by atoms with Gasteiger partial charge in [0.25, 0.3) is 0 Å². The van der Waals surface area contributed by atoms with Gasteiger partial charge in [0.2, 0.25) is 0 Å². The Hall–Kier alpha value is -1.29. The quantitative estimate of drug-likeness (QED) is 0.753. The van der Waals surface area contributed by atoms with Crippen molar-refractivity contribution >= 4 is 17.3 Å². The van der Waals surface area contributed by atoms with E-state index < -0.39 is 5.97 Å². The molecule has 3 nitrogen and oxygen atoms in total. The smallest absolute Gasteiger partial charge is 0.545 e. The predicted molar refractivity (Wildman–Crippen MR) is 70.0 cm³/mol. The number of benzene rings is 2. The van der Waals surface area contributed by atoms with E-state index in [1.165, 1.54) is 6.07 Å². The molecule has 0 fully saturated rings. The molecule has 0 bridgehead atoms. The van der Waals surface area contributed by atoms with Gasteiger partial charge in [-0.1, -0.05) is 30.3 Å². The molecule has 2 rings (SSSR count). The van der Waals surface area contributed by atoms with Crippen LogP contribution < -0.4 is 40.0 Å². The molecule has 1 N–H and O–H groups in total. The van der Waals surface area contributed by atoms with E-state index in [-0.39, 0.29) is 35.1 Å². The number of hydrogen-bond acceptors (Lipinski definition) is 3. The number of carbonyl (C=O) groups is 1. The van der Waals surface area contributed by atoms with Crippen LogP contribution in [0.5, 0.6) is 0 Å². The van der Waals surface area contributed by atoms with Crippen LogP contribution in [0.4, 0.5) is 11.4 Å². The SMILES string of the molecule is Cc1cccc(Nc2ccccc2C(=O)[O-])c1C.[Na+]. The number of carbonyl (C=O) groups excluding carboxylic acids is 1. The van der Waals surface area contributed by atoms with Crippen molar-refractivity contribution in [3.63, 3.8) is 0 Å². The summed E-state index contributed by atoms with van der Waals surface area (Å²) in [4.78, 5) is 11.0. The largest absolute Gasteiger partial charge is 1.00 e. The van der Waals surface area contributed by atoms with Crippen molar-refractivity contribution in [3.05, 3.63) is 59.2 Å². The van der Waals surface area contributed by atoms with Gasteiger partial charge in [0.1, 0.15) is 0 Å². The van der Waals surface area contributed by atoms with E-state index in [1.807, 2.05) is 32.0 Å². The summed E-state index contributed by atoms with van der Waals surface area (Å²) >= 11 is 0. The molecule has 0 aliphatic heterocycles. The average Bonchev–Trinajstić information content (AvgIpc) is 2.35. The zero-order valence-corrected chi connectivity index (χ0v) is 13.4. The van der Waals surface area contributed by atoms with Crippen molar-refractivity contribution in [2.45, 2.75) is 13.8 Å². The maximum atomic E-state index is 11.0. The molecule has 0 aromatic heterocycles. The number of para-hydroxylation sites is 1. The summed E-state index contributed by atoms with van der Waals surface area (Å²) in [6.07, 6.45) is 0. The summed E-state index contributed by atoms with van der Waals surface area (Å²) in [7, 11) is 0. The Labute approximate surface area is 135 Å². The van der Waals surface area contributed by atoms with Gasteiger partial charge in [0.05, 0.1) is 5.97 Å². The molecule has 0 aliphatic carbocycles. The normalized spacial score (nSPS) is 9.58. The number of rotatable bonds is 3. The average molecular weight is 263 g/mol. The van der Waals surface area contributed by atoms with E-state index in [4.69, 9.17) is 0 Å². The second-order valence-corrected chi connectivity index (χ2v) is 4.21. The summed E-state index contributed by atoms with van der Waals surface area (Å²) in [6, 6.07) is 12.6. The van der Waals surface area contributed by atoms with Gasteiger partial charge >= 0.3 is 29.6 Å². The van der Waals surface area contributed by atoms with Crippen molar-refractivity contribution < 1.29 is 39.5 Å². The number of hydrogen-bond donors (Lipinski definition) is 1. The number of carboxylic acid groups (broad SMARTS) is 1. The van der Waals surface area contributed by atoms with Crippen LogP contribution in [0.2, 0.25) is 0 Å². The van der Waals surface area contributed by atoms with Gasteiger partial charge < -0.3 is 15.2 Å². The van der Waals surface area contributed by atoms with Gasteiger partial charge in [-0.15, -0.1) is 0 Å². The first-order valence-corrected chi connectivity index (χ1v) is 5.73. The van der Waals surface area contributed by atoms with Crippen LogP contribution in [0.3, 0.4) is 0 Å². The Kier molecular flexibility index (Phi) is 5.60. The fourth-order valence-corrected chi connectivity index (χ4v) is 1.80. The van der Waals surface area contributed by atoms with Gasteiger partial charge in [-0.2, -0.15) is 0 Å². The van der Waals surface area contributed by atoms with Gasteiger partial charge in [0, 0.05) is 16.9 Å². The molecular weight excluding hydrogens is 249 g/mol. The van der Waals surface area contributed by atoms with Crippen LogP contribution in [-0.4, -0.2) is 5.97 Å². The predicted octanol–water partition coefficient (Wildman–Crippen LogP) is -0.585. The standard InChI is InChI=1S/C15H15NO2.Na/c1-10-6-5-9-13(11(10)2)16-14-8-4-3-7-12(14)15(17)18;/h3-9,16H,1-2H3,(H,17,18);/q;+1/p-1. The van der Waals surface area contributed by atoms with Gasteiger partial charge in [-0.25, -0.2) is 0 Å². The minimum absolute atomic E-state index is 0. The molecule has 92 valence electrons. The van der Waals surface area contributed by atoms with Crippen molar-refractivity contribution in [2.24, 2.45) is 0 Å². The van der Waals surface area contributed by atoms with E-state index in [0.717, 1.165) is 16.8 Å². The number of aryl methyl sites for hydroxylation is 1. The molecule has 19 heavy (non-hydrogen) atoms. The Bertz CT molecular complexity index is 596. The maximum absolute atomic E-state index is 11.0. The van der Waals surface area contributed by atoms with Crippen LogP contribution in [0.1, 0.15) is 21.5 Å². The summed E-state index contributed by atoms with van der Waals surface area (Å²) in [5, 5.41) is 14.2. The number of anilines is 2. The fourth-order valence-electron chi connectivity index (χ4n) is 1.80. The molecule has 0 amide bonds. The second kappa shape index (κ2) is 6.75. The number of nitrogens with one attached hydrogen (secondary N) is 1. The third kappa shape index (κ3) is 3.60.